The van der Waals surface area contributed by atoms with Crippen molar-refractivity contribution in [2.45, 2.75) is 51.2 Å². The summed E-state index contributed by atoms with van der Waals surface area (Å²) in [5.74, 6) is 0. The first kappa shape index (κ1) is 16.2. The highest BCUT2D eigenvalue weighted by Crippen LogP contribution is 2.34. The SMILES string of the molecule is Cc1ccc(CN2CCOC3CCC2C3OCc2ccncc2)s1. The van der Waals surface area contributed by atoms with Crippen molar-refractivity contribution in [3.8, 4) is 0 Å². The molecule has 0 aromatic carbocycles. The number of aromatic nitrogens is 1. The van der Waals surface area contributed by atoms with Crippen LogP contribution in [0.25, 0.3) is 0 Å². The third-order valence-corrected chi connectivity index (χ3v) is 6.00. The van der Waals surface area contributed by atoms with Gasteiger partial charge in [0.1, 0.15) is 0 Å². The predicted molar refractivity (Wildman–Crippen MR) is 95.0 cm³/mol. The highest BCUT2D eigenvalue weighted by molar-refractivity contribution is 7.11. The minimum absolute atomic E-state index is 0.168. The number of pyridine rings is 1. The third kappa shape index (κ3) is 3.54. The Kier molecular flexibility index (Phi) is 4.94. The molecule has 4 nitrogen and oxygen atoms in total. The normalized spacial score (nSPS) is 27.3. The molecule has 1 saturated heterocycles. The standard InChI is InChI=1S/C19H24N2O2S/c1-14-2-3-16(24-14)12-21-10-11-22-18-5-4-17(21)19(18)23-13-15-6-8-20-9-7-15/h2-3,6-9,17-19H,4-5,10-13H2,1H3. The van der Waals surface area contributed by atoms with Gasteiger partial charge >= 0.3 is 0 Å². The lowest BCUT2D eigenvalue weighted by Crippen LogP contribution is -2.42. The molecule has 128 valence electrons. The molecular formula is C19H24N2O2S. The Bertz CT molecular complexity index is 660. The van der Waals surface area contributed by atoms with Crippen molar-refractivity contribution in [3.05, 3.63) is 52.0 Å². The average Bonchev–Trinajstić information content (AvgIpc) is 3.13. The minimum atomic E-state index is 0.168. The lowest BCUT2D eigenvalue weighted by Gasteiger charge is -2.30. The van der Waals surface area contributed by atoms with Gasteiger partial charge in [0.2, 0.25) is 0 Å². The zero-order valence-corrected chi connectivity index (χ0v) is 14.9. The first-order chi connectivity index (χ1) is 11.8. The summed E-state index contributed by atoms with van der Waals surface area (Å²) in [7, 11) is 0. The molecule has 4 rings (SSSR count). The van der Waals surface area contributed by atoms with E-state index < -0.39 is 0 Å². The van der Waals surface area contributed by atoms with Gasteiger partial charge in [0.05, 0.1) is 25.4 Å². The quantitative estimate of drug-likeness (QED) is 0.833. The van der Waals surface area contributed by atoms with Crippen molar-refractivity contribution in [1.29, 1.82) is 0 Å². The molecule has 2 aromatic rings. The van der Waals surface area contributed by atoms with Crippen LogP contribution < -0.4 is 0 Å². The van der Waals surface area contributed by atoms with Crippen LogP contribution in [0.2, 0.25) is 0 Å². The molecule has 2 bridgehead atoms. The van der Waals surface area contributed by atoms with Crippen LogP contribution in [0.3, 0.4) is 0 Å². The van der Waals surface area contributed by atoms with Crippen molar-refractivity contribution in [2.75, 3.05) is 13.2 Å². The fourth-order valence-corrected chi connectivity index (χ4v) is 4.74. The van der Waals surface area contributed by atoms with E-state index in [4.69, 9.17) is 9.47 Å². The van der Waals surface area contributed by atoms with E-state index in [0.717, 1.165) is 32.5 Å². The molecule has 5 heteroatoms. The Balaban J connectivity index is 1.45. The number of fused-ring (bicyclic) bond motifs is 2. The summed E-state index contributed by atoms with van der Waals surface area (Å²) in [6, 6.07) is 8.97. The van der Waals surface area contributed by atoms with Crippen molar-refractivity contribution in [1.82, 2.24) is 9.88 Å². The van der Waals surface area contributed by atoms with E-state index in [1.165, 1.54) is 15.3 Å². The van der Waals surface area contributed by atoms with E-state index in [1.54, 1.807) is 0 Å². The molecule has 0 spiro atoms. The Morgan fingerprint density at radius 3 is 2.92 bits per heavy atom. The van der Waals surface area contributed by atoms with Crippen LogP contribution >= 0.6 is 11.3 Å². The number of rotatable bonds is 5. The van der Waals surface area contributed by atoms with Crippen LogP contribution in [0.4, 0.5) is 0 Å². The Hall–Kier alpha value is -1.27. The van der Waals surface area contributed by atoms with Gasteiger partial charge in [-0.2, -0.15) is 0 Å². The molecule has 2 aliphatic rings. The van der Waals surface area contributed by atoms with Crippen molar-refractivity contribution >= 4 is 11.3 Å². The molecule has 0 N–H and O–H groups in total. The number of ether oxygens (including phenoxy) is 2. The molecule has 1 saturated carbocycles. The summed E-state index contributed by atoms with van der Waals surface area (Å²) in [5.41, 5.74) is 1.18. The van der Waals surface area contributed by atoms with Crippen LogP contribution in [-0.2, 0) is 22.6 Å². The number of nitrogens with zero attached hydrogens (tertiary/aromatic N) is 2. The molecule has 3 heterocycles. The Morgan fingerprint density at radius 1 is 1.25 bits per heavy atom. The summed E-state index contributed by atoms with van der Waals surface area (Å²) >= 11 is 1.90. The van der Waals surface area contributed by atoms with E-state index in [2.05, 4.69) is 28.9 Å². The van der Waals surface area contributed by atoms with Crippen molar-refractivity contribution in [2.24, 2.45) is 0 Å². The van der Waals surface area contributed by atoms with Gasteiger partial charge in [-0.25, -0.2) is 0 Å². The van der Waals surface area contributed by atoms with Crippen molar-refractivity contribution < 1.29 is 9.47 Å². The second-order valence-electron chi connectivity index (χ2n) is 6.67. The van der Waals surface area contributed by atoms with Gasteiger partial charge in [-0.1, -0.05) is 0 Å². The largest absolute Gasteiger partial charge is 0.374 e. The van der Waals surface area contributed by atoms with E-state index in [0.29, 0.717) is 12.6 Å². The maximum atomic E-state index is 6.32. The Labute approximate surface area is 147 Å². The highest BCUT2D eigenvalue weighted by Gasteiger charge is 2.43. The van der Waals surface area contributed by atoms with E-state index in [9.17, 15) is 0 Å². The monoisotopic (exact) mass is 344 g/mol. The molecule has 3 atom stereocenters. The summed E-state index contributed by atoms with van der Waals surface area (Å²) < 4.78 is 12.4. The van der Waals surface area contributed by atoms with E-state index in [-0.39, 0.29) is 12.2 Å². The fourth-order valence-electron chi connectivity index (χ4n) is 3.82. The lowest BCUT2D eigenvalue weighted by atomic mass is 10.1. The molecule has 0 amide bonds. The van der Waals surface area contributed by atoms with Crippen LogP contribution in [0.1, 0.15) is 28.2 Å². The van der Waals surface area contributed by atoms with Gasteiger partial charge in [0.25, 0.3) is 0 Å². The number of hydrogen-bond donors (Lipinski definition) is 0. The van der Waals surface area contributed by atoms with E-state index >= 15 is 0 Å². The zero-order chi connectivity index (χ0) is 16.4. The number of hydrogen-bond acceptors (Lipinski definition) is 5. The van der Waals surface area contributed by atoms with Crippen LogP contribution in [-0.4, -0.2) is 41.3 Å². The average molecular weight is 344 g/mol. The van der Waals surface area contributed by atoms with E-state index in [1.807, 2.05) is 35.9 Å². The second-order valence-corrected chi connectivity index (χ2v) is 8.04. The van der Waals surface area contributed by atoms with Crippen LogP contribution in [0.15, 0.2) is 36.7 Å². The fraction of sp³-hybridized carbons (Fsp3) is 0.526. The van der Waals surface area contributed by atoms with Gasteiger partial charge in [-0.05, 0) is 49.6 Å². The molecule has 1 aliphatic heterocycles. The maximum Gasteiger partial charge on any atom is 0.0995 e. The van der Waals surface area contributed by atoms with Gasteiger partial charge in [-0.3, -0.25) is 9.88 Å². The molecule has 1 aliphatic carbocycles. The first-order valence-electron chi connectivity index (χ1n) is 8.71. The van der Waals surface area contributed by atoms with Gasteiger partial charge in [0.15, 0.2) is 0 Å². The summed E-state index contributed by atoms with van der Waals surface area (Å²) in [6.07, 6.45) is 6.32. The van der Waals surface area contributed by atoms with Crippen LogP contribution in [0.5, 0.6) is 0 Å². The summed E-state index contributed by atoms with van der Waals surface area (Å²) in [5, 5.41) is 0. The molecule has 2 aromatic heterocycles. The number of aryl methyl sites for hydroxylation is 1. The minimum Gasteiger partial charge on any atom is -0.374 e. The molecule has 2 fully saturated rings. The predicted octanol–water partition coefficient (Wildman–Crippen LogP) is 3.40. The van der Waals surface area contributed by atoms with Gasteiger partial charge in [-0.15, -0.1) is 11.3 Å². The zero-order valence-electron chi connectivity index (χ0n) is 14.1. The number of thiophene rings is 1. The second kappa shape index (κ2) is 7.31. The molecule has 24 heavy (non-hydrogen) atoms. The molecular weight excluding hydrogens is 320 g/mol. The summed E-state index contributed by atoms with van der Waals surface area (Å²) in [4.78, 5) is 9.45. The van der Waals surface area contributed by atoms with Crippen LogP contribution in [0, 0.1) is 6.92 Å². The first-order valence-corrected chi connectivity index (χ1v) is 9.53. The van der Waals surface area contributed by atoms with Crippen molar-refractivity contribution in [3.63, 3.8) is 0 Å². The van der Waals surface area contributed by atoms with Gasteiger partial charge < -0.3 is 9.47 Å². The highest BCUT2D eigenvalue weighted by atomic mass is 32.1. The molecule has 0 radical (unpaired) electrons. The smallest absolute Gasteiger partial charge is 0.0995 e. The Morgan fingerprint density at radius 2 is 2.12 bits per heavy atom. The topological polar surface area (TPSA) is 34.6 Å². The lowest BCUT2D eigenvalue weighted by molar-refractivity contribution is -0.0613. The summed E-state index contributed by atoms with van der Waals surface area (Å²) in [6.45, 7) is 5.61. The molecule has 3 unspecified atom stereocenters. The van der Waals surface area contributed by atoms with Gasteiger partial charge in [0, 0.05) is 41.3 Å². The third-order valence-electron chi connectivity index (χ3n) is 5.02. The maximum absolute atomic E-state index is 6.32.